The second-order valence-electron chi connectivity index (χ2n) is 7.02. The van der Waals surface area contributed by atoms with Crippen LogP contribution in [0.3, 0.4) is 0 Å². The molecule has 0 radical (unpaired) electrons. The lowest BCUT2D eigenvalue weighted by Gasteiger charge is -2.29. The lowest BCUT2D eigenvalue weighted by Crippen LogP contribution is -2.32. The highest BCUT2D eigenvalue weighted by atomic mass is 32.2. The van der Waals surface area contributed by atoms with E-state index in [0.717, 1.165) is 38.1 Å². The number of rotatable bonds is 6. The summed E-state index contributed by atoms with van der Waals surface area (Å²) < 4.78 is 71.4. The Morgan fingerprint density at radius 3 is 2.50 bits per heavy atom. The zero-order chi connectivity index (χ0) is 21.9. The number of hydrogen-bond donors (Lipinski definition) is 1. The van der Waals surface area contributed by atoms with Gasteiger partial charge in [0.25, 0.3) is 0 Å². The standard InChI is InChI=1S/C20H22F3N3O3S/c1-2-25-26-8-6-13(7-9-26)12-29-17-11-16(18(21)20(23)19(17)22)14-4-3-5-15(10-14)30(24,27)28/h2-5,10-11,13H,6-9,12H2,1H3,(H2,24,27,28)/b25-2+. The highest BCUT2D eigenvalue weighted by Crippen LogP contribution is 2.33. The fourth-order valence-electron chi connectivity index (χ4n) is 3.31. The van der Waals surface area contributed by atoms with Gasteiger partial charge in [-0.1, -0.05) is 12.1 Å². The second-order valence-corrected chi connectivity index (χ2v) is 8.58. The van der Waals surface area contributed by atoms with E-state index in [1.54, 1.807) is 6.21 Å². The monoisotopic (exact) mass is 441 g/mol. The van der Waals surface area contributed by atoms with Crippen molar-refractivity contribution in [1.82, 2.24) is 5.01 Å². The molecule has 2 aromatic rings. The maximum absolute atomic E-state index is 14.4. The molecule has 0 amide bonds. The van der Waals surface area contributed by atoms with E-state index < -0.39 is 33.2 Å². The van der Waals surface area contributed by atoms with E-state index in [1.807, 2.05) is 11.9 Å². The zero-order valence-electron chi connectivity index (χ0n) is 16.3. The Morgan fingerprint density at radius 1 is 1.17 bits per heavy atom. The van der Waals surface area contributed by atoms with Crippen molar-refractivity contribution in [2.24, 2.45) is 16.2 Å². The Labute approximate surface area is 173 Å². The molecule has 2 N–H and O–H groups in total. The Balaban J connectivity index is 1.83. The minimum Gasteiger partial charge on any atom is -0.490 e. The molecule has 0 aliphatic carbocycles. The van der Waals surface area contributed by atoms with Gasteiger partial charge in [0.2, 0.25) is 15.8 Å². The maximum Gasteiger partial charge on any atom is 0.238 e. The van der Waals surface area contributed by atoms with Gasteiger partial charge in [-0.3, -0.25) is 5.01 Å². The lowest BCUT2D eigenvalue weighted by atomic mass is 9.99. The summed E-state index contributed by atoms with van der Waals surface area (Å²) in [5.74, 6) is -4.85. The Kier molecular flexibility index (Phi) is 6.67. The van der Waals surface area contributed by atoms with Gasteiger partial charge in [0, 0.05) is 24.9 Å². The van der Waals surface area contributed by atoms with Crippen LogP contribution in [0.2, 0.25) is 0 Å². The summed E-state index contributed by atoms with van der Waals surface area (Å²) in [5.41, 5.74) is -0.282. The van der Waals surface area contributed by atoms with Crippen LogP contribution >= 0.6 is 0 Å². The van der Waals surface area contributed by atoms with Gasteiger partial charge < -0.3 is 4.74 Å². The first kappa shape index (κ1) is 22.1. The van der Waals surface area contributed by atoms with Crippen molar-refractivity contribution in [3.05, 3.63) is 47.8 Å². The molecular formula is C20H22F3N3O3S. The van der Waals surface area contributed by atoms with E-state index >= 15 is 0 Å². The van der Waals surface area contributed by atoms with Crippen LogP contribution in [0.1, 0.15) is 19.8 Å². The summed E-state index contributed by atoms with van der Waals surface area (Å²) in [6.07, 6.45) is 3.25. The average Bonchev–Trinajstić information content (AvgIpc) is 2.72. The van der Waals surface area contributed by atoms with Crippen LogP contribution in [-0.4, -0.2) is 39.3 Å². The third-order valence-corrected chi connectivity index (χ3v) is 5.84. The lowest BCUT2D eigenvalue weighted by molar-refractivity contribution is 0.142. The fourth-order valence-corrected chi connectivity index (χ4v) is 3.87. The van der Waals surface area contributed by atoms with Gasteiger partial charge in [-0.15, -0.1) is 0 Å². The number of ether oxygens (including phenoxy) is 1. The highest BCUT2D eigenvalue weighted by molar-refractivity contribution is 7.89. The first-order valence-corrected chi connectivity index (χ1v) is 10.9. The van der Waals surface area contributed by atoms with E-state index in [9.17, 15) is 21.6 Å². The molecule has 3 rings (SSSR count). The third-order valence-electron chi connectivity index (χ3n) is 4.93. The summed E-state index contributed by atoms with van der Waals surface area (Å²) in [6.45, 7) is 3.42. The number of halogens is 3. The van der Waals surface area contributed by atoms with E-state index in [2.05, 4.69) is 5.10 Å². The van der Waals surface area contributed by atoms with Crippen LogP contribution in [0.15, 0.2) is 40.3 Å². The minimum absolute atomic E-state index is 0.0357. The molecular weight excluding hydrogens is 419 g/mol. The number of nitrogens with zero attached hydrogens (tertiary/aromatic N) is 2. The van der Waals surface area contributed by atoms with Gasteiger partial charge in [0.1, 0.15) is 0 Å². The van der Waals surface area contributed by atoms with Gasteiger partial charge >= 0.3 is 0 Å². The van der Waals surface area contributed by atoms with Crippen LogP contribution in [0, 0.1) is 23.4 Å². The molecule has 0 aromatic heterocycles. The predicted molar refractivity (Wildman–Crippen MR) is 107 cm³/mol. The molecule has 1 aliphatic heterocycles. The van der Waals surface area contributed by atoms with Crippen molar-refractivity contribution in [1.29, 1.82) is 0 Å². The summed E-state index contributed by atoms with van der Waals surface area (Å²) in [4.78, 5) is -0.270. The largest absolute Gasteiger partial charge is 0.490 e. The van der Waals surface area contributed by atoms with Gasteiger partial charge in [-0.2, -0.15) is 9.49 Å². The Hall–Kier alpha value is -2.59. The molecule has 1 aliphatic rings. The molecule has 0 spiro atoms. The van der Waals surface area contributed by atoms with Crippen LogP contribution in [0.4, 0.5) is 13.2 Å². The normalized spacial score (nSPS) is 15.7. The maximum atomic E-state index is 14.4. The topological polar surface area (TPSA) is 85.0 Å². The molecule has 30 heavy (non-hydrogen) atoms. The quantitative estimate of drug-likeness (QED) is 0.549. The molecule has 162 valence electrons. The summed E-state index contributed by atoms with van der Waals surface area (Å²) in [6, 6.07) is 6.06. The first-order valence-electron chi connectivity index (χ1n) is 9.37. The molecule has 2 aromatic carbocycles. The molecule has 10 heteroatoms. The van der Waals surface area contributed by atoms with Crippen molar-refractivity contribution < 1.29 is 26.3 Å². The van der Waals surface area contributed by atoms with Crippen molar-refractivity contribution in [2.75, 3.05) is 19.7 Å². The fraction of sp³-hybridized carbons (Fsp3) is 0.350. The molecule has 6 nitrogen and oxygen atoms in total. The summed E-state index contributed by atoms with van der Waals surface area (Å²) in [5, 5.41) is 11.2. The van der Waals surface area contributed by atoms with Gasteiger partial charge in [-0.25, -0.2) is 22.3 Å². The van der Waals surface area contributed by atoms with Gasteiger partial charge in [-0.05, 0) is 49.4 Å². The van der Waals surface area contributed by atoms with E-state index in [4.69, 9.17) is 9.88 Å². The number of piperidine rings is 1. The first-order chi connectivity index (χ1) is 14.2. The Bertz CT molecular complexity index is 1050. The molecule has 0 atom stereocenters. The van der Waals surface area contributed by atoms with Crippen molar-refractivity contribution in [2.45, 2.75) is 24.7 Å². The van der Waals surface area contributed by atoms with Crippen molar-refractivity contribution in [3.8, 4) is 16.9 Å². The molecule has 1 heterocycles. The van der Waals surface area contributed by atoms with Crippen molar-refractivity contribution >= 4 is 16.2 Å². The zero-order valence-corrected chi connectivity index (χ0v) is 17.1. The third kappa shape index (κ3) is 4.93. The number of sulfonamides is 1. The number of hydrazone groups is 1. The van der Waals surface area contributed by atoms with E-state index in [1.165, 1.54) is 18.2 Å². The van der Waals surface area contributed by atoms with E-state index in [0.29, 0.717) is 0 Å². The van der Waals surface area contributed by atoms with Gasteiger partial charge in [0.05, 0.1) is 11.5 Å². The predicted octanol–water partition coefficient (Wildman–Crippen LogP) is 3.51. The van der Waals surface area contributed by atoms with Crippen LogP contribution in [-0.2, 0) is 10.0 Å². The van der Waals surface area contributed by atoms with Crippen LogP contribution < -0.4 is 9.88 Å². The molecule has 0 saturated carbocycles. The molecule has 1 saturated heterocycles. The smallest absolute Gasteiger partial charge is 0.238 e. The summed E-state index contributed by atoms with van der Waals surface area (Å²) >= 11 is 0. The average molecular weight is 441 g/mol. The summed E-state index contributed by atoms with van der Waals surface area (Å²) in [7, 11) is -4.04. The van der Waals surface area contributed by atoms with Crippen LogP contribution in [0.25, 0.3) is 11.1 Å². The number of primary sulfonamides is 1. The molecule has 1 fully saturated rings. The van der Waals surface area contributed by atoms with E-state index in [-0.39, 0.29) is 28.5 Å². The molecule has 0 unspecified atom stereocenters. The Morgan fingerprint density at radius 2 is 1.87 bits per heavy atom. The van der Waals surface area contributed by atoms with Gasteiger partial charge in [0.15, 0.2) is 17.4 Å². The number of hydrogen-bond acceptors (Lipinski definition) is 5. The number of nitrogens with two attached hydrogens (primary N) is 1. The minimum atomic E-state index is -4.04. The van der Waals surface area contributed by atoms with Crippen molar-refractivity contribution in [3.63, 3.8) is 0 Å². The SMILES string of the molecule is C/C=N/N1CCC(COc2cc(-c3cccc(S(N)(=O)=O)c3)c(F)c(F)c2F)CC1. The molecule has 0 bridgehead atoms. The second kappa shape index (κ2) is 9.05. The number of benzene rings is 2. The highest BCUT2D eigenvalue weighted by Gasteiger charge is 2.24. The van der Waals surface area contributed by atoms with Crippen LogP contribution in [0.5, 0.6) is 5.75 Å².